The van der Waals surface area contributed by atoms with E-state index in [1.165, 1.54) is 11.1 Å². The van der Waals surface area contributed by atoms with E-state index in [2.05, 4.69) is 32.0 Å². The van der Waals surface area contributed by atoms with Gasteiger partial charge in [-0.25, -0.2) is 0 Å². The molecule has 4 heteroatoms. The average Bonchev–Trinajstić information content (AvgIpc) is 2.81. The molecule has 22 heavy (non-hydrogen) atoms. The molecule has 0 bridgehead atoms. The molecule has 1 aliphatic heterocycles. The number of hydrogen-bond acceptors (Lipinski definition) is 4. The number of Topliss-reactive ketones (excluding diaryl/α,β-unsaturated/α-hetero) is 1. The largest absolute Gasteiger partial charge is 0.481 e. The molecule has 1 fully saturated rings. The lowest BCUT2D eigenvalue weighted by molar-refractivity contribution is -0.133. The minimum atomic E-state index is -0.379. The quantitative estimate of drug-likeness (QED) is 0.902. The number of hydrogen-bond donors (Lipinski definition) is 1. The summed E-state index contributed by atoms with van der Waals surface area (Å²) in [4.78, 5) is 14.8. The average molecular weight is 301 g/mol. The molecule has 1 heterocycles. The highest BCUT2D eigenvalue weighted by molar-refractivity contribution is 5.88. The van der Waals surface area contributed by atoms with E-state index in [-0.39, 0.29) is 23.9 Å². The summed E-state index contributed by atoms with van der Waals surface area (Å²) in [6.07, 6.45) is 2.15. The monoisotopic (exact) mass is 301 g/mol. The van der Waals surface area contributed by atoms with Gasteiger partial charge in [-0.05, 0) is 38.4 Å². The Balaban J connectivity index is 1.97. The van der Waals surface area contributed by atoms with Gasteiger partial charge in [0.1, 0.15) is 5.75 Å². The molecule has 1 N–H and O–H groups in total. The van der Waals surface area contributed by atoms with Crippen molar-refractivity contribution < 1.29 is 14.6 Å². The zero-order valence-electron chi connectivity index (χ0n) is 13.4. The maximum atomic E-state index is 12.5. The molecule has 4 atom stereocenters. The SMILES string of the molecule is CN(C)C1Cc2ccc(CO)c3c2[C@@]2(C)[C@@H](O3)C(=O)CC[C@@H]12. The van der Waals surface area contributed by atoms with Gasteiger partial charge in [0.05, 0.1) is 6.61 Å². The Labute approximate surface area is 131 Å². The van der Waals surface area contributed by atoms with Crippen LogP contribution >= 0.6 is 0 Å². The van der Waals surface area contributed by atoms with Crippen LogP contribution < -0.4 is 4.74 Å². The van der Waals surface area contributed by atoms with Gasteiger partial charge in [-0.2, -0.15) is 0 Å². The number of ether oxygens (including phenoxy) is 1. The van der Waals surface area contributed by atoms with Crippen LogP contribution in [0.4, 0.5) is 0 Å². The number of likely N-dealkylation sites (N-methyl/N-ethyl adjacent to an activating group) is 1. The van der Waals surface area contributed by atoms with Gasteiger partial charge >= 0.3 is 0 Å². The summed E-state index contributed by atoms with van der Waals surface area (Å²) in [6, 6.07) is 4.50. The van der Waals surface area contributed by atoms with E-state index in [0.29, 0.717) is 18.4 Å². The van der Waals surface area contributed by atoms with Crippen molar-refractivity contribution in [3.8, 4) is 5.75 Å². The number of aliphatic hydroxyl groups excluding tert-OH is 1. The van der Waals surface area contributed by atoms with Crippen LogP contribution in [0.25, 0.3) is 0 Å². The lowest BCUT2D eigenvalue weighted by atomic mass is 9.55. The zero-order chi connectivity index (χ0) is 15.6. The van der Waals surface area contributed by atoms with Gasteiger partial charge in [-0.1, -0.05) is 19.1 Å². The third kappa shape index (κ3) is 1.57. The maximum absolute atomic E-state index is 12.5. The molecule has 0 amide bonds. The van der Waals surface area contributed by atoms with E-state index >= 15 is 0 Å². The zero-order valence-corrected chi connectivity index (χ0v) is 13.4. The van der Waals surface area contributed by atoms with Crippen LogP contribution in [0.3, 0.4) is 0 Å². The van der Waals surface area contributed by atoms with Crippen molar-refractivity contribution in [2.24, 2.45) is 5.92 Å². The van der Waals surface area contributed by atoms with E-state index in [9.17, 15) is 9.90 Å². The van der Waals surface area contributed by atoms with Gasteiger partial charge in [-0.15, -0.1) is 0 Å². The molecule has 118 valence electrons. The Hall–Kier alpha value is -1.39. The van der Waals surface area contributed by atoms with Crippen LogP contribution in [0, 0.1) is 5.92 Å². The predicted molar refractivity (Wildman–Crippen MR) is 83.0 cm³/mol. The van der Waals surface area contributed by atoms with Crippen molar-refractivity contribution in [3.63, 3.8) is 0 Å². The van der Waals surface area contributed by atoms with E-state index in [1.807, 2.05) is 6.07 Å². The van der Waals surface area contributed by atoms with Crippen LogP contribution in [-0.4, -0.2) is 42.0 Å². The van der Waals surface area contributed by atoms with Crippen LogP contribution in [0.5, 0.6) is 5.75 Å². The summed E-state index contributed by atoms with van der Waals surface area (Å²) in [5.41, 5.74) is 3.03. The normalized spacial score (nSPS) is 35.5. The Morgan fingerprint density at radius 2 is 2.18 bits per heavy atom. The van der Waals surface area contributed by atoms with E-state index in [4.69, 9.17) is 4.74 Å². The maximum Gasteiger partial charge on any atom is 0.174 e. The second-order valence-corrected chi connectivity index (χ2v) is 7.37. The molecular weight excluding hydrogens is 278 g/mol. The number of nitrogens with zero attached hydrogens (tertiary/aromatic N) is 1. The van der Waals surface area contributed by atoms with Crippen LogP contribution in [0.15, 0.2) is 12.1 Å². The summed E-state index contributed by atoms with van der Waals surface area (Å²) >= 11 is 0. The number of carbonyl (C=O) groups excluding carboxylic acids is 1. The summed E-state index contributed by atoms with van der Waals surface area (Å²) in [7, 11) is 4.26. The number of rotatable bonds is 2. The molecule has 4 nitrogen and oxygen atoms in total. The highest BCUT2D eigenvalue weighted by Crippen LogP contribution is 2.58. The van der Waals surface area contributed by atoms with Crippen molar-refractivity contribution in [2.75, 3.05) is 14.1 Å². The standard InChI is InChI=1S/C18H23NO3/c1-18-12-6-7-14(21)17(18)22-16-11(9-20)5-4-10(15(16)18)8-13(12)19(2)3/h4-5,12-13,17,20H,6-9H2,1-3H3/t12-,13?,17-,18-/m0/s1. The molecule has 0 saturated heterocycles. The second kappa shape index (κ2) is 4.56. The molecule has 3 aliphatic rings. The number of benzene rings is 1. The molecule has 1 aromatic rings. The molecule has 1 unspecified atom stereocenters. The summed E-state index contributed by atoms with van der Waals surface area (Å²) in [5.74, 6) is 1.42. The summed E-state index contributed by atoms with van der Waals surface area (Å²) < 4.78 is 6.14. The Bertz CT molecular complexity index is 654. The molecule has 4 rings (SSSR count). The summed E-state index contributed by atoms with van der Waals surface area (Å²) in [6.45, 7) is 2.16. The molecule has 1 aromatic carbocycles. The van der Waals surface area contributed by atoms with Crippen LogP contribution in [-0.2, 0) is 23.2 Å². The first-order valence-corrected chi connectivity index (χ1v) is 8.10. The lowest BCUT2D eigenvalue weighted by Crippen LogP contribution is -2.59. The first-order chi connectivity index (χ1) is 10.5. The highest BCUT2D eigenvalue weighted by Gasteiger charge is 2.61. The molecular formula is C18H23NO3. The van der Waals surface area contributed by atoms with Crippen molar-refractivity contribution in [3.05, 3.63) is 28.8 Å². The number of ketones is 1. The molecule has 0 aromatic heterocycles. The van der Waals surface area contributed by atoms with Crippen molar-refractivity contribution >= 4 is 5.78 Å². The Kier molecular flexibility index (Phi) is 2.94. The first kappa shape index (κ1) is 14.2. The van der Waals surface area contributed by atoms with Gasteiger partial charge in [0, 0.05) is 29.0 Å². The minimum Gasteiger partial charge on any atom is -0.481 e. The molecule has 0 radical (unpaired) electrons. The fourth-order valence-electron chi connectivity index (χ4n) is 5.07. The number of carbonyl (C=O) groups is 1. The second-order valence-electron chi connectivity index (χ2n) is 7.37. The van der Waals surface area contributed by atoms with Gasteiger partial charge in [0.15, 0.2) is 11.9 Å². The fourth-order valence-corrected chi connectivity index (χ4v) is 5.07. The fraction of sp³-hybridized carbons (Fsp3) is 0.611. The number of aliphatic hydroxyl groups is 1. The molecule has 2 aliphatic carbocycles. The Morgan fingerprint density at radius 3 is 2.86 bits per heavy atom. The van der Waals surface area contributed by atoms with Gasteiger partial charge in [0.2, 0.25) is 0 Å². The van der Waals surface area contributed by atoms with Gasteiger partial charge in [0.25, 0.3) is 0 Å². The third-order valence-electron chi connectivity index (χ3n) is 6.14. The topological polar surface area (TPSA) is 49.8 Å². The highest BCUT2D eigenvalue weighted by atomic mass is 16.5. The van der Waals surface area contributed by atoms with E-state index in [0.717, 1.165) is 24.2 Å². The van der Waals surface area contributed by atoms with E-state index < -0.39 is 0 Å². The van der Waals surface area contributed by atoms with Gasteiger partial charge < -0.3 is 14.7 Å². The molecule has 0 spiro atoms. The Morgan fingerprint density at radius 1 is 1.41 bits per heavy atom. The van der Waals surface area contributed by atoms with Crippen molar-refractivity contribution in [2.45, 2.75) is 50.4 Å². The summed E-state index contributed by atoms with van der Waals surface area (Å²) in [5, 5.41) is 9.63. The van der Waals surface area contributed by atoms with Crippen LogP contribution in [0.2, 0.25) is 0 Å². The molecule has 1 saturated carbocycles. The van der Waals surface area contributed by atoms with Crippen molar-refractivity contribution in [1.29, 1.82) is 0 Å². The lowest BCUT2D eigenvalue weighted by Gasteiger charge is -2.50. The smallest absolute Gasteiger partial charge is 0.174 e. The minimum absolute atomic E-state index is 0.0403. The predicted octanol–water partition coefficient (Wildman–Crippen LogP) is 1.66. The van der Waals surface area contributed by atoms with E-state index in [1.54, 1.807) is 0 Å². The van der Waals surface area contributed by atoms with Crippen LogP contribution in [0.1, 0.15) is 36.5 Å². The van der Waals surface area contributed by atoms with Crippen molar-refractivity contribution in [1.82, 2.24) is 4.90 Å². The first-order valence-electron chi connectivity index (χ1n) is 8.10. The third-order valence-corrected chi connectivity index (χ3v) is 6.14. The van der Waals surface area contributed by atoms with Gasteiger partial charge in [-0.3, -0.25) is 4.79 Å².